The van der Waals surface area contributed by atoms with Gasteiger partial charge in [-0.2, -0.15) is 0 Å². The molecule has 2 aliphatic rings. The predicted octanol–water partition coefficient (Wildman–Crippen LogP) is 2.44. The Morgan fingerprint density at radius 3 is 2.88 bits per heavy atom. The van der Waals surface area contributed by atoms with Crippen molar-refractivity contribution < 1.29 is 4.79 Å². The normalized spacial score (nSPS) is 20.5. The highest BCUT2D eigenvalue weighted by atomic mass is 32.1. The van der Waals surface area contributed by atoms with Crippen molar-refractivity contribution in [2.45, 2.75) is 44.6 Å². The molecule has 3 nitrogen and oxygen atoms in total. The fourth-order valence-corrected chi connectivity index (χ4v) is 2.91. The second kappa shape index (κ2) is 4.17. The van der Waals surface area contributed by atoms with Crippen molar-refractivity contribution in [3.63, 3.8) is 0 Å². The first kappa shape index (κ1) is 10.3. The largest absolute Gasteiger partial charge is 0.350 e. The summed E-state index contributed by atoms with van der Waals surface area (Å²) in [5.74, 6) is 1.21. The van der Waals surface area contributed by atoms with Gasteiger partial charge >= 0.3 is 0 Å². The van der Waals surface area contributed by atoms with Crippen LogP contribution in [0.3, 0.4) is 0 Å². The number of carbonyl (C=O) groups is 1. The maximum absolute atomic E-state index is 11.5. The molecule has 0 unspecified atom stereocenters. The fourth-order valence-electron chi connectivity index (χ4n) is 1.91. The molecule has 0 aromatic carbocycles. The van der Waals surface area contributed by atoms with E-state index in [2.05, 4.69) is 15.7 Å². The highest BCUT2D eigenvalue weighted by molar-refractivity contribution is 7.09. The molecular weight excluding hydrogens is 220 g/mol. The van der Waals surface area contributed by atoms with E-state index in [0.717, 1.165) is 18.5 Å². The highest BCUT2D eigenvalue weighted by Crippen LogP contribution is 2.37. The van der Waals surface area contributed by atoms with Crippen LogP contribution in [0.15, 0.2) is 5.38 Å². The van der Waals surface area contributed by atoms with E-state index in [0.29, 0.717) is 18.4 Å². The van der Waals surface area contributed by atoms with Crippen molar-refractivity contribution in [2.75, 3.05) is 0 Å². The highest BCUT2D eigenvalue weighted by Gasteiger charge is 2.29. The summed E-state index contributed by atoms with van der Waals surface area (Å²) < 4.78 is 0. The first-order chi connectivity index (χ1) is 7.83. The molecular formula is C12H16N2OS. The number of carbonyl (C=O) groups excluding carboxylic acids is 1. The Morgan fingerprint density at radius 2 is 2.25 bits per heavy atom. The molecule has 16 heavy (non-hydrogen) atoms. The van der Waals surface area contributed by atoms with E-state index in [9.17, 15) is 4.79 Å². The average Bonchev–Trinajstić information content (AvgIpc) is 2.95. The third-order valence-electron chi connectivity index (χ3n) is 3.42. The Kier molecular flexibility index (Phi) is 2.67. The fraction of sp³-hybridized carbons (Fsp3) is 0.667. The third kappa shape index (κ3) is 2.12. The Balaban J connectivity index is 1.53. The van der Waals surface area contributed by atoms with E-state index < -0.39 is 0 Å². The van der Waals surface area contributed by atoms with Crippen LogP contribution in [0.4, 0.5) is 0 Å². The lowest BCUT2D eigenvalue weighted by atomic mass is 9.86. The minimum Gasteiger partial charge on any atom is -0.350 e. The van der Waals surface area contributed by atoms with Crippen LogP contribution in [-0.2, 0) is 11.3 Å². The molecule has 1 N–H and O–H groups in total. The first-order valence-electron chi connectivity index (χ1n) is 6.05. The summed E-state index contributed by atoms with van der Waals surface area (Å²) in [6, 6.07) is 0. The van der Waals surface area contributed by atoms with Crippen LogP contribution in [0.5, 0.6) is 0 Å². The molecule has 2 aliphatic carbocycles. The number of thiazole rings is 1. The average molecular weight is 236 g/mol. The van der Waals surface area contributed by atoms with Gasteiger partial charge in [-0.15, -0.1) is 11.3 Å². The number of rotatable bonds is 4. The number of hydrogen-bond acceptors (Lipinski definition) is 3. The topological polar surface area (TPSA) is 42.0 Å². The molecule has 1 amide bonds. The van der Waals surface area contributed by atoms with Crippen LogP contribution in [0, 0.1) is 5.92 Å². The standard InChI is InChI=1S/C12H16N2OS/c15-11(8-4-5-8)13-6-10-7-16-12(14-10)9-2-1-3-9/h7-9H,1-6H2,(H,13,15). The molecule has 86 valence electrons. The lowest BCUT2D eigenvalue weighted by molar-refractivity contribution is -0.122. The van der Waals surface area contributed by atoms with E-state index >= 15 is 0 Å². The van der Waals surface area contributed by atoms with Gasteiger partial charge in [0.2, 0.25) is 5.91 Å². The Labute approximate surface area is 99.3 Å². The summed E-state index contributed by atoms with van der Waals surface area (Å²) >= 11 is 1.75. The predicted molar refractivity (Wildman–Crippen MR) is 63.3 cm³/mol. The lowest BCUT2D eigenvalue weighted by Crippen LogP contribution is -2.24. The summed E-state index contributed by atoms with van der Waals surface area (Å²) in [5, 5.41) is 6.30. The van der Waals surface area contributed by atoms with Crippen molar-refractivity contribution >= 4 is 17.2 Å². The van der Waals surface area contributed by atoms with E-state index in [1.807, 2.05) is 0 Å². The van der Waals surface area contributed by atoms with Crippen LogP contribution in [0.2, 0.25) is 0 Å². The zero-order valence-electron chi connectivity index (χ0n) is 9.24. The number of aromatic nitrogens is 1. The number of amides is 1. The molecule has 4 heteroatoms. The molecule has 2 saturated carbocycles. The second-order valence-electron chi connectivity index (χ2n) is 4.80. The van der Waals surface area contributed by atoms with Crippen molar-refractivity contribution in [1.29, 1.82) is 0 Å². The summed E-state index contributed by atoms with van der Waals surface area (Å²) in [5.41, 5.74) is 1.03. The summed E-state index contributed by atoms with van der Waals surface area (Å²) in [6.45, 7) is 0.610. The minimum absolute atomic E-state index is 0.207. The van der Waals surface area contributed by atoms with E-state index in [4.69, 9.17) is 0 Å². The van der Waals surface area contributed by atoms with Crippen LogP contribution in [-0.4, -0.2) is 10.9 Å². The van der Waals surface area contributed by atoms with Gasteiger partial charge in [0.25, 0.3) is 0 Å². The van der Waals surface area contributed by atoms with Gasteiger partial charge in [-0.3, -0.25) is 4.79 Å². The molecule has 0 aliphatic heterocycles. The Hall–Kier alpha value is -0.900. The van der Waals surface area contributed by atoms with Gasteiger partial charge in [0.05, 0.1) is 17.2 Å². The Bertz CT molecular complexity index is 393. The molecule has 0 atom stereocenters. The first-order valence-corrected chi connectivity index (χ1v) is 6.93. The van der Waals surface area contributed by atoms with Gasteiger partial charge in [-0.1, -0.05) is 6.42 Å². The monoisotopic (exact) mass is 236 g/mol. The second-order valence-corrected chi connectivity index (χ2v) is 5.69. The van der Waals surface area contributed by atoms with Crippen LogP contribution in [0.25, 0.3) is 0 Å². The zero-order valence-corrected chi connectivity index (χ0v) is 10.1. The van der Waals surface area contributed by atoms with Gasteiger partial charge in [0.15, 0.2) is 0 Å². The number of hydrogen-bond donors (Lipinski definition) is 1. The maximum atomic E-state index is 11.5. The van der Waals surface area contributed by atoms with Gasteiger partial charge in [0.1, 0.15) is 0 Å². The number of nitrogens with one attached hydrogen (secondary N) is 1. The van der Waals surface area contributed by atoms with Crippen LogP contribution < -0.4 is 5.32 Å². The SMILES string of the molecule is O=C(NCc1csc(C2CCC2)n1)C1CC1. The molecule has 3 rings (SSSR count). The molecule has 0 saturated heterocycles. The smallest absolute Gasteiger partial charge is 0.223 e. The summed E-state index contributed by atoms with van der Waals surface area (Å²) in [6.07, 6.45) is 6.06. The Morgan fingerprint density at radius 1 is 1.44 bits per heavy atom. The molecule has 0 spiro atoms. The van der Waals surface area contributed by atoms with E-state index in [1.54, 1.807) is 11.3 Å². The maximum Gasteiger partial charge on any atom is 0.223 e. The zero-order chi connectivity index (χ0) is 11.0. The van der Waals surface area contributed by atoms with Gasteiger partial charge in [-0.25, -0.2) is 4.98 Å². The molecule has 0 radical (unpaired) electrons. The van der Waals surface area contributed by atoms with E-state index in [-0.39, 0.29) is 5.91 Å². The molecule has 1 aromatic heterocycles. The third-order valence-corrected chi connectivity index (χ3v) is 4.47. The van der Waals surface area contributed by atoms with E-state index in [1.165, 1.54) is 24.3 Å². The van der Waals surface area contributed by atoms with Crippen molar-refractivity contribution in [3.05, 3.63) is 16.1 Å². The van der Waals surface area contributed by atoms with Crippen molar-refractivity contribution in [3.8, 4) is 0 Å². The molecule has 2 fully saturated rings. The quantitative estimate of drug-likeness (QED) is 0.872. The van der Waals surface area contributed by atoms with Crippen LogP contribution >= 0.6 is 11.3 Å². The van der Waals surface area contributed by atoms with Gasteiger partial charge in [-0.05, 0) is 25.7 Å². The molecule has 1 heterocycles. The number of nitrogens with zero attached hydrogens (tertiary/aromatic N) is 1. The summed E-state index contributed by atoms with van der Waals surface area (Å²) in [7, 11) is 0. The summed E-state index contributed by atoms with van der Waals surface area (Å²) in [4.78, 5) is 16.0. The van der Waals surface area contributed by atoms with Gasteiger partial charge in [0, 0.05) is 17.2 Å². The van der Waals surface area contributed by atoms with Crippen LogP contribution in [0.1, 0.15) is 48.7 Å². The minimum atomic E-state index is 0.207. The molecule has 0 bridgehead atoms. The van der Waals surface area contributed by atoms with Crippen molar-refractivity contribution in [1.82, 2.24) is 10.3 Å². The van der Waals surface area contributed by atoms with Crippen molar-refractivity contribution in [2.24, 2.45) is 5.92 Å². The van der Waals surface area contributed by atoms with Gasteiger partial charge < -0.3 is 5.32 Å². The lowest BCUT2D eigenvalue weighted by Gasteiger charge is -2.22. The molecule has 1 aromatic rings.